The standard InChI is InChI=1S/C14H20N2OS/c1-8-5-9(2)13(10(3)6-8)16-14(17)11(4)7-12(15)18/h5-6,11H,7H2,1-4H3,(H2,15,18)(H,16,17). The normalized spacial score (nSPS) is 12.0. The Balaban J connectivity index is 2.85. The lowest BCUT2D eigenvalue weighted by atomic mass is 10.0. The second-order valence-corrected chi connectivity index (χ2v) is 5.36. The average Bonchev–Trinajstić information content (AvgIpc) is 2.21. The van der Waals surface area contributed by atoms with Crippen LogP contribution >= 0.6 is 12.2 Å². The minimum atomic E-state index is -0.206. The molecule has 3 nitrogen and oxygen atoms in total. The van der Waals surface area contributed by atoms with E-state index >= 15 is 0 Å². The Bertz CT molecular complexity index is 460. The Morgan fingerprint density at radius 3 is 2.28 bits per heavy atom. The number of carbonyl (C=O) groups is 1. The molecule has 0 aromatic heterocycles. The van der Waals surface area contributed by atoms with E-state index in [2.05, 4.69) is 17.4 Å². The molecule has 0 spiro atoms. The van der Waals surface area contributed by atoms with Gasteiger partial charge >= 0.3 is 0 Å². The summed E-state index contributed by atoms with van der Waals surface area (Å²) in [6.07, 6.45) is 0.436. The fraction of sp³-hybridized carbons (Fsp3) is 0.429. The molecule has 1 aromatic rings. The predicted octanol–water partition coefficient (Wildman–Crippen LogP) is 2.86. The Labute approximate surface area is 114 Å². The molecule has 0 saturated carbocycles. The van der Waals surface area contributed by atoms with Crippen LogP contribution in [0.5, 0.6) is 0 Å². The van der Waals surface area contributed by atoms with Crippen LogP contribution in [0, 0.1) is 26.7 Å². The van der Waals surface area contributed by atoms with E-state index in [0.29, 0.717) is 11.4 Å². The zero-order chi connectivity index (χ0) is 13.9. The summed E-state index contributed by atoms with van der Waals surface area (Å²) in [5.41, 5.74) is 9.68. The van der Waals surface area contributed by atoms with Crippen molar-refractivity contribution in [1.82, 2.24) is 0 Å². The first-order valence-electron chi connectivity index (χ1n) is 5.98. The Hall–Kier alpha value is -1.42. The van der Waals surface area contributed by atoms with Gasteiger partial charge in [-0.05, 0) is 31.9 Å². The van der Waals surface area contributed by atoms with Gasteiger partial charge in [0.15, 0.2) is 0 Å². The molecule has 98 valence electrons. The summed E-state index contributed by atoms with van der Waals surface area (Å²) in [4.78, 5) is 12.4. The smallest absolute Gasteiger partial charge is 0.227 e. The summed E-state index contributed by atoms with van der Waals surface area (Å²) in [5.74, 6) is -0.250. The van der Waals surface area contributed by atoms with Gasteiger partial charge < -0.3 is 11.1 Å². The van der Waals surface area contributed by atoms with Crippen LogP contribution < -0.4 is 11.1 Å². The summed E-state index contributed by atoms with van der Waals surface area (Å²) >= 11 is 4.82. The molecule has 0 saturated heterocycles. The second kappa shape index (κ2) is 5.96. The number of nitrogens with two attached hydrogens (primary N) is 1. The number of anilines is 1. The van der Waals surface area contributed by atoms with E-state index < -0.39 is 0 Å². The van der Waals surface area contributed by atoms with Crippen molar-refractivity contribution in [1.29, 1.82) is 0 Å². The van der Waals surface area contributed by atoms with E-state index in [1.807, 2.05) is 27.7 Å². The molecule has 1 rings (SSSR count). The van der Waals surface area contributed by atoms with Gasteiger partial charge in [-0.3, -0.25) is 4.79 Å². The summed E-state index contributed by atoms with van der Waals surface area (Å²) < 4.78 is 0. The Kier molecular flexibility index (Phi) is 4.84. The van der Waals surface area contributed by atoms with Crippen molar-refractivity contribution < 1.29 is 4.79 Å². The van der Waals surface area contributed by atoms with Gasteiger partial charge in [-0.1, -0.05) is 36.8 Å². The summed E-state index contributed by atoms with van der Waals surface area (Å²) in [5, 5.41) is 2.96. The van der Waals surface area contributed by atoms with Crippen LogP contribution in [0.15, 0.2) is 12.1 Å². The Morgan fingerprint density at radius 2 is 1.83 bits per heavy atom. The fourth-order valence-corrected chi connectivity index (χ4v) is 2.27. The van der Waals surface area contributed by atoms with E-state index in [9.17, 15) is 4.79 Å². The van der Waals surface area contributed by atoms with Crippen molar-refractivity contribution in [3.8, 4) is 0 Å². The molecule has 0 bridgehead atoms. The number of hydrogen-bond donors (Lipinski definition) is 2. The third-order valence-corrected chi connectivity index (χ3v) is 3.05. The topological polar surface area (TPSA) is 55.1 Å². The molecule has 0 aliphatic carbocycles. The largest absolute Gasteiger partial charge is 0.393 e. The minimum Gasteiger partial charge on any atom is -0.393 e. The molecule has 4 heteroatoms. The van der Waals surface area contributed by atoms with Crippen LogP contribution in [0.1, 0.15) is 30.0 Å². The van der Waals surface area contributed by atoms with Crippen LogP contribution in [0.2, 0.25) is 0 Å². The summed E-state index contributed by atoms with van der Waals surface area (Å²) in [7, 11) is 0. The average molecular weight is 264 g/mol. The third-order valence-electron chi connectivity index (χ3n) is 2.88. The molecule has 1 unspecified atom stereocenters. The molecule has 0 fully saturated rings. The number of carbonyl (C=O) groups excluding carboxylic acids is 1. The lowest BCUT2D eigenvalue weighted by Gasteiger charge is -2.16. The first-order chi connectivity index (χ1) is 8.31. The van der Waals surface area contributed by atoms with E-state index in [4.69, 9.17) is 18.0 Å². The number of thiocarbonyl (C=S) groups is 1. The first kappa shape index (κ1) is 14.6. The summed E-state index contributed by atoms with van der Waals surface area (Å²) in [6.45, 7) is 7.86. The van der Waals surface area contributed by atoms with Crippen LogP contribution in [0.25, 0.3) is 0 Å². The highest BCUT2D eigenvalue weighted by Gasteiger charge is 2.15. The highest BCUT2D eigenvalue weighted by Crippen LogP contribution is 2.22. The first-order valence-corrected chi connectivity index (χ1v) is 6.39. The number of benzene rings is 1. The van der Waals surface area contributed by atoms with Gasteiger partial charge in [-0.2, -0.15) is 0 Å². The van der Waals surface area contributed by atoms with Gasteiger partial charge in [-0.15, -0.1) is 0 Å². The molecule has 18 heavy (non-hydrogen) atoms. The van der Waals surface area contributed by atoms with Crippen molar-refractivity contribution in [2.45, 2.75) is 34.1 Å². The van der Waals surface area contributed by atoms with Crippen molar-refractivity contribution in [3.63, 3.8) is 0 Å². The number of amides is 1. The van der Waals surface area contributed by atoms with Gasteiger partial charge in [0.1, 0.15) is 0 Å². The van der Waals surface area contributed by atoms with Gasteiger partial charge in [0.2, 0.25) is 5.91 Å². The van der Waals surface area contributed by atoms with Gasteiger partial charge in [0, 0.05) is 18.0 Å². The minimum absolute atomic E-state index is 0.0437. The summed E-state index contributed by atoms with van der Waals surface area (Å²) in [6, 6.07) is 4.11. The van der Waals surface area contributed by atoms with Crippen molar-refractivity contribution in [3.05, 3.63) is 28.8 Å². The van der Waals surface area contributed by atoms with E-state index in [1.54, 1.807) is 0 Å². The SMILES string of the molecule is Cc1cc(C)c(NC(=O)C(C)CC(N)=S)c(C)c1. The van der Waals surface area contributed by atoms with Crippen LogP contribution in [0.3, 0.4) is 0 Å². The Morgan fingerprint density at radius 1 is 1.33 bits per heavy atom. The highest BCUT2D eigenvalue weighted by atomic mass is 32.1. The molecule has 0 aliphatic heterocycles. The maximum Gasteiger partial charge on any atom is 0.227 e. The van der Waals surface area contributed by atoms with E-state index in [0.717, 1.165) is 16.8 Å². The second-order valence-electron chi connectivity index (χ2n) is 4.83. The maximum absolute atomic E-state index is 12.0. The molecular weight excluding hydrogens is 244 g/mol. The van der Waals surface area contributed by atoms with Crippen molar-refractivity contribution >= 4 is 28.8 Å². The lowest BCUT2D eigenvalue weighted by Crippen LogP contribution is -2.25. The van der Waals surface area contributed by atoms with Crippen LogP contribution in [-0.4, -0.2) is 10.9 Å². The molecule has 3 N–H and O–H groups in total. The lowest BCUT2D eigenvalue weighted by molar-refractivity contribution is -0.119. The maximum atomic E-state index is 12.0. The van der Waals surface area contributed by atoms with Crippen LogP contribution in [0.4, 0.5) is 5.69 Å². The van der Waals surface area contributed by atoms with Gasteiger partial charge in [0.25, 0.3) is 0 Å². The number of aryl methyl sites for hydroxylation is 3. The van der Waals surface area contributed by atoms with Crippen molar-refractivity contribution in [2.24, 2.45) is 11.7 Å². The monoisotopic (exact) mass is 264 g/mol. The fourth-order valence-electron chi connectivity index (χ4n) is 2.02. The molecular formula is C14H20N2OS. The van der Waals surface area contributed by atoms with Crippen LogP contribution in [-0.2, 0) is 4.79 Å². The van der Waals surface area contributed by atoms with Crippen molar-refractivity contribution in [2.75, 3.05) is 5.32 Å². The zero-order valence-corrected chi connectivity index (χ0v) is 12.1. The molecule has 1 aromatic carbocycles. The molecule has 0 aliphatic rings. The van der Waals surface area contributed by atoms with E-state index in [1.165, 1.54) is 5.56 Å². The third kappa shape index (κ3) is 3.81. The number of nitrogens with one attached hydrogen (secondary N) is 1. The van der Waals surface area contributed by atoms with Gasteiger partial charge in [0.05, 0.1) is 4.99 Å². The predicted molar refractivity (Wildman–Crippen MR) is 79.8 cm³/mol. The van der Waals surface area contributed by atoms with Gasteiger partial charge in [-0.25, -0.2) is 0 Å². The highest BCUT2D eigenvalue weighted by molar-refractivity contribution is 7.80. The quantitative estimate of drug-likeness (QED) is 0.822. The number of hydrogen-bond acceptors (Lipinski definition) is 2. The molecule has 1 atom stereocenters. The zero-order valence-electron chi connectivity index (χ0n) is 11.3. The molecule has 0 radical (unpaired) electrons. The molecule has 1 amide bonds. The van der Waals surface area contributed by atoms with E-state index in [-0.39, 0.29) is 11.8 Å². The molecule has 0 heterocycles. The number of rotatable bonds is 4.